The number of aliphatic hydroxyl groups is 1. The van der Waals surface area contributed by atoms with Crippen LogP contribution >= 0.6 is 27.7 Å². The van der Waals surface area contributed by atoms with Crippen molar-refractivity contribution in [3.05, 3.63) is 58.3 Å². The zero-order chi connectivity index (χ0) is 15.2. The van der Waals surface area contributed by atoms with E-state index >= 15 is 0 Å². The first-order chi connectivity index (χ1) is 10.1. The van der Waals surface area contributed by atoms with E-state index in [0.717, 1.165) is 14.9 Å². The van der Waals surface area contributed by atoms with Gasteiger partial charge in [0.25, 0.3) is 0 Å². The molecule has 0 aliphatic carbocycles. The molecule has 0 aliphatic rings. The number of thioether (sulfide) groups is 1. The minimum atomic E-state index is -0.532. The van der Waals surface area contributed by atoms with Gasteiger partial charge in [0, 0.05) is 15.1 Å². The number of rotatable bonds is 6. The van der Waals surface area contributed by atoms with E-state index in [4.69, 9.17) is 4.74 Å². The van der Waals surface area contributed by atoms with Crippen molar-refractivity contribution in [2.45, 2.75) is 17.4 Å². The summed E-state index contributed by atoms with van der Waals surface area (Å²) in [5, 5.41) is 10.1. The fourth-order valence-electron chi connectivity index (χ4n) is 1.92. The van der Waals surface area contributed by atoms with Gasteiger partial charge in [0.15, 0.2) is 11.6 Å². The smallest absolute Gasteiger partial charge is 0.165 e. The van der Waals surface area contributed by atoms with Crippen molar-refractivity contribution in [1.82, 2.24) is 0 Å². The third kappa shape index (κ3) is 4.73. The van der Waals surface area contributed by atoms with Gasteiger partial charge in [-0.1, -0.05) is 18.2 Å². The summed E-state index contributed by atoms with van der Waals surface area (Å²) < 4.78 is 19.5. The van der Waals surface area contributed by atoms with E-state index in [9.17, 15) is 9.50 Å². The maximum absolute atomic E-state index is 13.6. The lowest BCUT2D eigenvalue weighted by molar-refractivity contribution is 0.200. The summed E-state index contributed by atoms with van der Waals surface area (Å²) >= 11 is 5.04. The quantitative estimate of drug-likeness (QED) is 0.769. The molecule has 1 atom stereocenters. The molecule has 0 aliphatic heterocycles. The second-order valence-electron chi connectivity index (χ2n) is 4.57. The predicted molar refractivity (Wildman–Crippen MR) is 87.5 cm³/mol. The molecule has 0 spiro atoms. The molecule has 0 bridgehead atoms. The molecule has 2 aromatic rings. The summed E-state index contributed by atoms with van der Waals surface area (Å²) in [7, 11) is 1.43. The number of methoxy groups -OCH3 is 1. The Morgan fingerprint density at radius 2 is 2.05 bits per heavy atom. The van der Waals surface area contributed by atoms with E-state index in [1.165, 1.54) is 13.2 Å². The Morgan fingerprint density at radius 1 is 1.29 bits per heavy atom. The van der Waals surface area contributed by atoms with Gasteiger partial charge in [-0.25, -0.2) is 4.39 Å². The van der Waals surface area contributed by atoms with E-state index < -0.39 is 11.9 Å². The van der Waals surface area contributed by atoms with Crippen LogP contribution in [0.15, 0.2) is 51.8 Å². The largest absolute Gasteiger partial charge is 0.494 e. The first kappa shape index (κ1) is 16.3. The molecule has 2 rings (SSSR count). The van der Waals surface area contributed by atoms with Gasteiger partial charge < -0.3 is 9.84 Å². The molecule has 0 saturated carbocycles. The summed E-state index contributed by atoms with van der Waals surface area (Å²) in [4.78, 5) is 1.08. The summed E-state index contributed by atoms with van der Waals surface area (Å²) in [6, 6.07) is 12.6. The predicted octanol–water partition coefficient (Wildman–Crippen LogP) is 4.29. The van der Waals surface area contributed by atoms with Crippen LogP contribution in [0.25, 0.3) is 0 Å². The standard InChI is InChI=1S/C16H16BrFO2S/c1-20-15-7-6-11(9-14(15)18)8-12(19)10-21-16-5-3-2-4-13(16)17/h2-7,9,12,19H,8,10H2,1H3. The Kier molecular flexibility index (Phi) is 6.08. The Balaban J connectivity index is 1.91. The molecule has 21 heavy (non-hydrogen) atoms. The number of benzene rings is 2. The van der Waals surface area contributed by atoms with Gasteiger partial charge in [0.2, 0.25) is 0 Å². The fourth-order valence-corrected chi connectivity index (χ4v) is 3.41. The van der Waals surface area contributed by atoms with Crippen molar-refractivity contribution in [3.63, 3.8) is 0 Å². The highest BCUT2D eigenvalue weighted by molar-refractivity contribution is 9.10. The molecule has 1 unspecified atom stereocenters. The Hall–Kier alpha value is -1.04. The van der Waals surface area contributed by atoms with Crippen LogP contribution in [0.2, 0.25) is 0 Å². The van der Waals surface area contributed by atoms with Crippen LogP contribution in [0.3, 0.4) is 0 Å². The molecule has 112 valence electrons. The zero-order valence-electron chi connectivity index (χ0n) is 11.6. The minimum absolute atomic E-state index is 0.218. The highest BCUT2D eigenvalue weighted by Gasteiger charge is 2.10. The molecular formula is C16H16BrFO2S. The lowest BCUT2D eigenvalue weighted by Crippen LogP contribution is -2.13. The molecule has 0 fully saturated rings. The molecule has 1 N–H and O–H groups in total. The lowest BCUT2D eigenvalue weighted by Gasteiger charge is -2.12. The molecular weight excluding hydrogens is 355 g/mol. The van der Waals surface area contributed by atoms with E-state index in [0.29, 0.717) is 12.2 Å². The average molecular weight is 371 g/mol. The number of aliphatic hydroxyl groups excluding tert-OH is 1. The first-order valence-corrected chi connectivity index (χ1v) is 8.26. The number of ether oxygens (including phenoxy) is 1. The Morgan fingerprint density at radius 3 is 2.71 bits per heavy atom. The van der Waals surface area contributed by atoms with Crippen molar-refractivity contribution in [2.24, 2.45) is 0 Å². The topological polar surface area (TPSA) is 29.5 Å². The van der Waals surface area contributed by atoms with Gasteiger partial charge in [-0.15, -0.1) is 11.8 Å². The van der Waals surface area contributed by atoms with E-state index in [2.05, 4.69) is 15.9 Å². The summed E-state index contributed by atoms with van der Waals surface area (Å²) in [5.41, 5.74) is 0.758. The Labute approximate surface area is 136 Å². The molecule has 5 heteroatoms. The van der Waals surface area contributed by atoms with Crippen LogP contribution in [0.4, 0.5) is 4.39 Å². The van der Waals surface area contributed by atoms with E-state index in [-0.39, 0.29) is 5.75 Å². The Bertz CT molecular complexity index is 607. The van der Waals surface area contributed by atoms with Gasteiger partial charge >= 0.3 is 0 Å². The van der Waals surface area contributed by atoms with Crippen LogP contribution in [-0.2, 0) is 6.42 Å². The summed E-state index contributed by atoms with van der Waals surface area (Å²) in [6.45, 7) is 0. The molecule has 0 radical (unpaired) electrons. The van der Waals surface area contributed by atoms with Crippen LogP contribution in [0.1, 0.15) is 5.56 Å². The van der Waals surface area contributed by atoms with Crippen molar-refractivity contribution < 1.29 is 14.2 Å². The highest BCUT2D eigenvalue weighted by Crippen LogP contribution is 2.28. The normalized spacial score (nSPS) is 12.2. The molecule has 0 heterocycles. The summed E-state index contributed by atoms with van der Waals surface area (Å²) in [5.74, 6) is 0.368. The average Bonchev–Trinajstić information content (AvgIpc) is 2.46. The molecule has 0 saturated heterocycles. The van der Waals surface area contributed by atoms with Gasteiger partial charge in [-0.2, -0.15) is 0 Å². The van der Waals surface area contributed by atoms with Crippen LogP contribution < -0.4 is 4.74 Å². The van der Waals surface area contributed by atoms with Gasteiger partial charge in [0.1, 0.15) is 0 Å². The van der Waals surface area contributed by atoms with E-state index in [1.54, 1.807) is 23.9 Å². The monoisotopic (exact) mass is 370 g/mol. The van der Waals surface area contributed by atoms with Crippen molar-refractivity contribution >= 4 is 27.7 Å². The van der Waals surface area contributed by atoms with Crippen molar-refractivity contribution in [1.29, 1.82) is 0 Å². The zero-order valence-corrected chi connectivity index (χ0v) is 14.0. The third-order valence-corrected chi connectivity index (χ3v) is 5.13. The van der Waals surface area contributed by atoms with Crippen LogP contribution in [0.5, 0.6) is 5.75 Å². The van der Waals surface area contributed by atoms with Crippen LogP contribution in [-0.4, -0.2) is 24.1 Å². The first-order valence-electron chi connectivity index (χ1n) is 6.48. The minimum Gasteiger partial charge on any atom is -0.494 e. The van der Waals surface area contributed by atoms with Crippen molar-refractivity contribution in [3.8, 4) is 5.75 Å². The maximum Gasteiger partial charge on any atom is 0.165 e. The number of hydrogen-bond acceptors (Lipinski definition) is 3. The molecule has 0 aromatic heterocycles. The van der Waals surface area contributed by atoms with E-state index in [1.807, 2.05) is 24.3 Å². The van der Waals surface area contributed by atoms with Crippen LogP contribution in [0, 0.1) is 5.82 Å². The second kappa shape index (κ2) is 7.82. The number of halogens is 2. The SMILES string of the molecule is COc1ccc(CC(O)CSc2ccccc2Br)cc1F. The summed E-state index contributed by atoms with van der Waals surface area (Å²) in [6.07, 6.45) is -0.117. The molecule has 0 amide bonds. The van der Waals surface area contributed by atoms with Gasteiger partial charge in [0.05, 0.1) is 13.2 Å². The fraction of sp³-hybridized carbons (Fsp3) is 0.250. The second-order valence-corrected chi connectivity index (χ2v) is 6.48. The molecule has 2 aromatic carbocycles. The maximum atomic E-state index is 13.6. The third-order valence-electron chi connectivity index (χ3n) is 2.96. The van der Waals surface area contributed by atoms with Gasteiger partial charge in [-0.3, -0.25) is 0 Å². The van der Waals surface area contributed by atoms with Crippen molar-refractivity contribution in [2.75, 3.05) is 12.9 Å². The highest BCUT2D eigenvalue weighted by atomic mass is 79.9. The van der Waals surface area contributed by atoms with Gasteiger partial charge in [-0.05, 0) is 52.2 Å². The number of hydrogen-bond donors (Lipinski definition) is 1. The lowest BCUT2D eigenvalue weighted by atomic mass is 10.1. The molecule has 2 nitrogen and oxygen atoms in total.